The second kappa shape index (κ2) is 22.1. The monoisotopic (exact) mass is 1270 g/mol. The minimum Gasteiger partial charge on any atom is -0.509 e. The van der Waals surface area contributed by atoms with Crippen LogP contribution in [0.2, 0.25) is 0 Å². The Hall–Kier alpha value is -8.76. The molecule has 1 aliphatic rings. The van der Waals surface area contributed by atoms with Crippen LogP contribution in [-0.4, -0.2) is 9.55 Å². The van der Waals surface area contributed by atoms with Crippen molar-refractivity contribution in [1.29, 1.82) is 0 Å². The van der Waals surface area contributed by atoms with Crippen molar-refractivity contribution in [3.05, 3.63) is 272 Å². The first-order valence-corrected chi connectivity index (χ1v) is 28.8. The Labute approximate surface area is 510 Å². The van der Waals surface area contributed by atoms with Crippen LogP contribution in [0.5, 0.6) is 11.5 Å². The summed E-state index contributed by atoms with van der Waals surface area (Å²) in [4.78, 5) is 9.87. The maximum atomic E-state index is 6.89. The zero-order valence-corrected chi connectivity index (χ0v) is 51.4. The molecule has 0 fully saturated rings. The number of rotatable bonds is 10. The number of nitrogens with zero attached hydrogens (tertiary/aromatic N) is 4. The number of anilines is 4. The van der Waals surface area contributed by atoms with E-state index in [-0.39, 0.29) is 37.3 Å². The Morgan fingerprint density at radius 2 is 0.929 bits per heavy atom. The van der Waals surface area contributed by atoms with Crippen molar-refractivity contribution >= 4 is 44.6 Å². The van der Waals surface area contributed by atoms with Crippen molar-refractivity contribution in [2.24, 2.45) is 0 Å². The molecule has 0 atom stereocenters. The second-order valence-electron chi connectivity index (χ2n) is 25.0. The van der Waals surface area contributed by atoms with E-state index in [2.05, 4.69) is 314 Å². The van der Waals surface area contributed by atoms with Crippen LogP contribution in [0.25, 0.3) is 83.3 Å². The summed E-state index contributed by atoms with van der Waals surface area (Å²) in [6, 6.07) is 90.3. The first kappa shape index (κ1) is 55.8. The molecular formula is C78H67N4OPt-3. The van der Waals surface area contributed by atoms with Crippen LogP contribution < -0.4 is 14.5 Å². The molecule has 0 saturated carbocycles. The molecule has 0 spiro atoms. The third-order valence-corrected chi connectivity index (χ3v) is 16.2. The number of hydrogen-bond acceptors (Lipinski definition) is 4. The third-order valence-electron chi connectivity index (χ3n) is 16.2. The van der Waals surface area contributed by atoms with E-state index in [0.29, 0.717) is 11.5 Å². The van der Waals surface area contributed by atoms with Crippen molar-refractivity contribution in [2.45, 2.75) is 78.6 Å². The number of fused-ring (bicyclic) bond motifs is 4. The van der Waals surface area contributed by atoms with Crippen LogP contribution in [0.1, 0.15) is 79.0 Å². The topological polar surface area (TPSA) is 33.5 Å². The van der Waals surface area contributed by atoms with Crippen LogP contribution in [0.4, 0.5) is 22.7 Å². The molecule has 0 N–H and O–H groups in total. The molecule has 0 amide bonds. The van der Waals surface area contributed by atoms with Gasteiger partial charge < -0.3 is 19.1 Å². The van der Waals surface area contributed by atoms with E-state index in [4.69, 9.17) is 9.72 Å². The van der Waals surface area contributed by atoms with Gasteiger partial charge >= 0.3 is 0 Å². The van der Waals surface area contributed by atoms with Gasteiger partial charge in [0.05, 0.1) is 0 Å². The number of hydrogen-bond donors (Lipinski definition) is 0. The standard InChI is InChI=1S/C78H67N4O.Pt/c1-76(2,3)59-38-33-54(34-39-59)64-29-20-30-65(58-26-18-25-56(45-58)52-21-12-10-13-22-52)75(64)81-51-80(71-31-16-17-32-72(71)81)61-27-19-28-62(47-61)83-63-42-43-66-67-46-57(53-23-14-11-15-24-53)37-44-70(67)82(73(66)48-63)74-49-69(78(7,8)9)68(50-79-74)55-35-40-60(41-36-55)77(4,5)6;/h10-46,49-51H,1-9H3;/q-3;. The summed E-state index contributed by atoms with van der Waals surface area (Å²) in [6.07, 6.45) is 2.06. The summed E-state index contributed by atoms with van der Waals surface area (Å²) in [7, 11) is 0. The number of ether oxygens (including phenoxy) is 1. The minimum atomic E-state index is -0.184. The van der Waals surface area contributed by atoms with E-state index in [0.717, 1.165) is 94.9 Å². The predicted octanol–water partition coefficient (Wildman–Crippen LogP) is 21.2. The van der Waals surface area contributed by atoms with Gasteiger partial charge in [-0.3, -0.25) is 0 Å². The zero-order valence-electron chi connectivity index (χ0n) is 49.1. The normalized spacial score (nSPS) is 12.6. The van der Waals surface area contributed by atoms with Crippen LogP contribution in [0, 0.1) is 18.8 Å². The molecule has 2 aromatic heterocycles. The van der Waals surface area contributed by atoms with E-state index in [1.165, 1.54) is 27.8 Å². The minimum absolute atomic E-state index is 0. The zero-order chi connectivity index (χ0) is 57.2. The molecule has 84 heavy (non-hydrogen) atoms. The molecule has 0 radical (unpaired) electrons. The average molecular weight is 1270 g/mol. The van der Waals surface area contributed by atoms with Crippen molar-refractivity contribution in [3.8, 4) is 73.0 Å². The van der Waals surface area contributed by atoms with Crippen molar-refractivity contribution < 1.29 is 25.8 Å². The predicted molar refractivity (Wildman–Crippen MR) is 348 cm³/mol. The van der Waals surface area contributed by atoms with E-state index < -0.39 is 0 Å². The molecule has 13 rings (SSSR count). The maximum absolute atomic E-state index is 6.89. The fourth-order valence-electron chi connectivity index (χ4n) is 11.8. The van der Waals surface area contributed by atoms with Crippen LogP contribution in [0.3, 0.4) is 0 Å². The molecule has 5 nitrogen and oxygen atoms in total. The van der Waals surface area contributed by atoms with Crippen molar-refractivity contribution in [2.75, 3.05) is 9.80 Å². The van der Waals surface area contributed by atoms with E-state index in [1.807, 2.05) is 18.2 Å². The van der Waals surface area contributed by atoms with Crippen molar-refractivity contribution in [1.82, 2.24) is 9.55 Å². The van der Waals surface area contributed by atoms with Gasteiger partial charge in [0.25, 0.3) is 0 Å². The smallest absolute Gasteiger partial charge is 0.135 e. The first-order chi connectivity index (χ1) is 40.0. The summed E-state index contributed by atoms with van der Waals surface area (Å²) in [6.45, 7) is 22.6. The molecule has 0 saturated heterocycles. The quantitative estimate of drug-likeness (QED) is 0.128. The summed E-state index contributed by atoms with van der Waals surface area (Å²) in [5.41, 5.74) is 21.1. The summed E-state index contributed by atoms with van der Waals surface area (Å²) in [5.74, 6) is 1.97. The van der Waals surface area contributed by atoms with Gasteiger partial charge in [0.15, 0.2) is 0 Å². The van der Waals surface area contributed by atoms with Gasteiger partial charge in [-0.05, 0) is 108 Å². The maximum Gasteiger partial charge on any atom is 0.135 e. The van der Waals surface area contributed by atoms with Gasteiger partial charge in [0.2, 0.25) is 0 Å². The molecule has 418 valence electrons. The summed E-state index contributed by atoms with van der Waals surface area (Å²) < 4.78 is 9.14. The van der Waals surface area contributed by atoms with Crippen LogP contribution in [0.15, 0.2) is 237 Å². The summed E-state index contributed by atoms with van der Waals surface area (Å²) in [5, 5.41) is 2.17. The molecule has 0 unspecified atom stereocenters. The van der Waals surface area contributed by atoms with Crippen molar-refractivity contribution in [3.63, 3.8) is 0 Å². The molecular weight excluding hydrogens is 1200 g/mol. The number of aromatic nitrogens is 2. The van der Waals surface area contributed by atoms with Gasteiger partial charge in [0, 0.05) is 78.0 Å². The number of pyridine rings is 1. The Balaban J connectivity index is 0.00000694. The number of para-hydroxylation sites is 3. The Morgan fingerprint density at radius 3 is 1.56 bits per heavy atom. The van der Waals surface area contributed by atoms with Gasteiger partial charge in [0.1, 0.15) is 5.82 Å². The van der Waals surface area contributed by atoms with Gasteiger partial charge in [-0.2, -0.15) is 12.1 Å². The Morgan fingerprint density at radius 1 is 0.405 bits per heavy atom. The van der Waals surface area contributed by atoms with E-state index >= 15 is 0 Å². The second-order valence-corrected chi connectivity index (χ2v) is 25.0. The third kappa shape index (κ3) is 10.7. The fraction of sp³-hybridized carbons (Fsp3) is 0.154. The van der Waals surface area contributed by atoms with Crippen LogP contribution in [-0.2, 0) is 37.3 Å². The SMILES string of the molecule is CC(C)(C)c1ccc(-c2cnc(-n3c4[c-]c(Oc5[c-]c(N6[CH-]N(c7c(-c8ccc(C(C)(C)C)cc8)cccc7-c7cccc(-c8ccccc8)c7)c7ccccc76)ccc5)ccc4c4cc(-c5ccccc5)ccc43)cc2C(C)(C)C)cc1.[Pt]. The average Bonchev–Trinajstić information content (AvgIpc) is 2.72. The molecule has 12 aromatic rings. The van der Waals surface area contributed by atoms with Gasteiger partial charge in [-0.15, -0.1) is 48.1 Å². The molecule has 6 heteroatoms. The fourth-order valence-corrected chi connectivity index (χ4v) is 11.8. The molecule has 0 bridgehead atoms. The van der Waals surface area contributed by atoms with Gasteiger partial charge in [-0.1, -0.05) is 238 Å². The molecule has 10 aromatic carbocycles. The first-order valence-electron chi connectivity index (χ1n) is 28.8. The summed E-state index contributed by atoms with van der Waals surface area (Å²) >= 11 is 0. The molecule has 1 aliphatic heterocycles. The number of benzene rings is 10. The van der Waals surface area contributed by atoms with Crippen LogP contribution >= 0.6 is 0 Å². The molecule has 3 heterocycles. The van der Waals surface area contributed by atoms with E-state index in [9.17, 15) is 0 Å². The molecule has 0 aliphatic carbocycles. The van der Waals surface area contributed by atoms with E-state index in [1.54, 1.807) is 0 Å². The largest absolute Gasteiger partial charge is 0.509 e. The Kier molecular flexibility index (Phi) is 14.7. The van der Waals surface area contributed by atoms with Gasteiger partial charge in [-0.25, -0.2) is 4.98 Å². The Bertz CT molecular complexity index is 4370.